The molecule has 0 N–H and O–H groups in total. The highest BCUT2D eigenvalue weighted by atomic mass is 16.6. The molecule has 0 atom stereocenters. The van der Waals surface area contributed by atoms with E-state index in [0.29, 0.717) is 55.2 Å². The maximum atomic E-state index is 13.1. The minimum atomic E-state index is -0.358. The van der Waals surface area contributed by atoms with Gasteiger partial charge in [-0.3, -0.25) is 14.0 Å². The monoisotopic (exact) mass is 397 g/mol. The first-order valence-electron chi connectivity index (χ1n) is 9.60. The fourth-order valence-corrected chi connectivity index (χ4v) is 3.65. The molecule has 0 spiro atoms. The molecule has 3 aromatic rings. The molecule has 0 unspecified atom stereocenters. The van der Waals surface area contributed by atoms with E-state index in [0.717, 1.165) is 5.56 Å². The van der Waals surface area contributed by atoms with Crippen LogP contribution in [0.1, 0.15) is 23.0 Å². The zero-order valence-electron chi connectivity index (χ0n) is 16.7. The van der Waals surface area contributed by atoms with Crippen molar-refractivity contribution in [2.75, 3.05) is 32.8 Å². The number of amides is 2. The van der Waals surface area contributed by atoms with Gasteiger partial charge in [-0.1, -0.05) is 6.07 Å². The molecule has 3 aromatic heterocycles. The molecule has 1 aliphatic heterocycles. The highest BCUT2D eigenvalue weighted by molar-refractivity contribution is 5.98. The van der Waals surface area contributed by atoms with Gasteiger partial charge in [-0.25, -0.2) is 9.78 Å². The minimum absolute atomic E-state index is 0.182. The third-order valence-electron chi connectivity index (χ3n) is 5.26. The Morgan fingerprint density at radius 2 is 1.83 bits per heavy atom. The van der Waals surface area contributed by atoms with Crippen LogP contribution in [0.5, 0.6) is 0 Å². The lowest BCUT2D eigenvalue weighted by Gasteiger charge is -2.34. The molecule has 4 rings (SSSR count). The Bertz CT molecular complexity index is 1170. The highest BCUT2D eigenvalue weighted by Gasteiger charge is 2.28. The van der Waals surface area contributed by atoms with Gasteiger partial charge in [0.05, 0.1) is 12.0 Å². The van der Waals surface area contributed by atoms with Crippen molar-refractivity contribution in [1.29, 1.82) is 0 Å². The predicted molar refractivity (Wildman–Crippen MR) is 107 cm³/mol. The maximum absolute atomic E-state index is 13.1. The highest BCUT2D eigenvalue weighted by Crippen LogP contribution is 2.18. The van der Waals surface area contributed by atoms with Crippen LogP contribution in [-0.2, 0) is 11.8 Å². The van der Waals surface area contributed by atoms with E-state index < -0.39 is 0 Å². The molecule has 2 amide bonds. The average molecular weight is 397 g/mol. The standard InChI is InChI=1S/C20H23N5O4/c1-4-29-20(28)24-9-7-23(8-10-24)19(27)15-11-14-17(22(15)3)21-16-6-5-13(2)12-25(16)18(14)26/h5-6,11-12H,4,7-10H2,1-3H3. The number of aryl methyl sites for hydroxylation is 2. The molecule has 1 saturated heterocycles. The molecule has 1 fully saturated rings. The quantitative estimate of drug-likeness (QED) is 0.652. The second-order valence-corrected chi connectivity index (χ2v) is 7.16. The molecule has 9 nitrogen and oxygen atoms in total. The lowest BCUT2D eigenvalue weighted by molar-refractivity contribution is 0.0563. The van der Waals surface area contributed by atoms with Crippen molar-refractivity contribution in [3.63, 3.8) is 0 Å². The van der Waals surface area contributed by atoms with Crippen molar-refractivity contribution in [1.82, 2.24) is 23.8 Å². The summed E-state index contributed by atoms with van der Waals surface area (Å²) in [6.45, 7) is 5.64. The van der Waals surface area contributed by atoms with Crippen molar-refractivity contribution in [3.05, 3.63) is 46.0 Å². The maximum Gasteiger partial charge on any atom is 0.409 e. The van der Waals surface area contributed by atoms with E-state index in [9.17, 15) is 14.4 Å². The second-order valence-electron chi connectivity index (χ2n) is 7.16. The Morgan fingerprint density at radius 3 is 2.52 bits per heavy atom. The molecule has 0 aliphatic carbocycles. The molecule has 4 heterocycles. The molecule has 0 saturated carbocycles. The van der Waals surface area contributed by atoms with Crippen LogP contribution in [0.2, 0.25) is 0 Å². The van der Waals surface area contributed by atoms with Crippen LogP contribution in [0, 0.1) is 6.92 Å². The SMILES string of the molecule is CCOC(=O)N1CCN(C(=O)c2cc3c(=O)n4cc(C)ccc4nc3n2C)CC1. The normalized spacial score (nSPS) is 14.6. The molecule has 29 heavy (non-hydrogen) atoms. The molecule has 9 heteroatoms. The molecular formula is C20H23N5O4. The summed E-state index contributed by atoms with van der Waals surface area (Å²) in [4.78, 5) is 45.7. The number of carbonyl (C=O) groups is 2. The van der Waals surface area contributed by atoms with Crippen LogP contribution >= 0.6 is 0 Å². The summed E-state index contributed by atoms with van der Waals surface area (Å²) in [6, 6.07) is 5.30. The van der Waals surface area contributed by atoms with Gasteiger partial charge in [-0.05, 0) is 31.5 Å². The largest absolute Gasteiger partial charge is 0.450 e. The van der Waals surface area contributed by atoms with Crippen LogP contribution in [-0.4, -0.2) is 68.5 Å². The predicted octanol–water partition coefficient (Wildman–Crippen LogP) is 1.41. The van der Waals surface area contributed by atoms with Gasteiger partial charge in [0.25, 0.3) is 11.5 Å². The van der Waals surface area contributed by atoms with Gasteiger partial charge in [0.2, 0.25) is 0 Å². The van der Waals surface area contributed by atoms with E-state index in [2.05, 4.69) is 4.98 Å². The zero-order chi connectivity index (χ0) is 20.7. The number of carbonyl (C=O) groups excluding carboxylic acids is 2. The van der Waals surface area contributed by atoms with Crippen LogP contribution in [0.15, 0.2) is 29.2 Å². The summed E-state index contributed by atoms with van der Waals surface area (Å²) in [5.74, 6) is -0.182. The van der Waals surface area contributed by atoms with E-state index in [1.807, 2.05) is 13.0 Å². The fourth-order valence-electron chi connectivity index (χ4n) is 3.65. The van der Waals surface area contributed by atoms with E-state index in [-0.39, 0.29) is 17.6 Å². The summed E-state index contributed by atoms with van der Waals surface area (Å²) in [6.07, 6.45) is 1.39. The summed E-state index contributed by atoms with van der Waals surface area (Å²) in [5, 5.41) is 0.407. The van der Waals surface area contributed by atoms with Gasteiger partial charge in [-0.15, -0.1) is 0 Å². The smallest absolute Gasteiger partial charge is 0.409 e. The number of fused-ring (bicyclic) bond motifs is 2. The molecule has 1 aliphatic rings. The van der Waals surface area contributed by atoms with Gasteiger partial charge in [-0.2, -0.15) is 0 Å². The van der Waals surface area contributed by atoms with Gasteiger partial charge >= 0.3 is 6.09 Å². The van der Waals surface area contributed by atoms with Crippen molar-refractivity contribution < 1.29 is 14.3 Å². The third kappa shape index (κ3) is 3.22. The number of piperazine rings is 1. The van der Waals surface area contributed by atoms with Gasteiger partial charge in [0, 0.05) is 39.4 Å². The molecule has 152 valence electrons. The lowest BCUT2D eigenvalue weighted by Crippen LogP contribution is -2.51. The third-order valence-corrected chi connectivity index (χ3v) is 5.26. The molecule has 0 radical (unpaired) electrons. The zero-order valence-corrected chi connectivity index (χ0v) is 16.7. The number of ether oxygens (including phenoxy) is 1. The Labute approximate surface area is 167 Å². The first-order chi connectivity index (χ1) is 13.9. The molecular weight excluding hydrogens is 374 g/mol. The van der Waals surface area contributed by atoms with Gasteiger partial charge < -0.3 is 19.1 Å². The van der Waals surface area contributed by atoms with Crippen LogP contribution < -0.4 is 5.56 Å². The number of pyridine rings is 1. The molecule has 0 bridgehead atoms. The van der Waals surface area contributed by atoms with Crippen molar-refractivity contribution in [3.8, 4) is 0 Å². The Morgan fingerprint density at radius 1 is 1.14 bits per heavy atom. The number of aromatic nitrogens is 3. The number of hydrogen-bond donors (Lipinski definition) is 0. The number of hydrogen-bond acceptors (Lipinski definition) is 5. The Balaban J connectivity index is 1.64. The van der Waals surface area contributed by atoms with Crippen LogP contribution in [0.3, 0.4) is 0 Å². The first kappa shape index (κ1) is 19.0. The first-order valence-corrected chi connectivity index (χ1v) is 9.60. The number of rotatable bonds is 2. The topological polar surface area (TPSA) is 89.2 Å². The van der Waals surface area contributed by atoms with Crippen molar-refractivity contribution in [2.24, 2.45) is 7.05 Å². The summed E-state index contributed by atoms with van der Waals surface area (Å²) >= 11 is 0. The summed E-state index contributed by atoms with van der Waals surface area (Å²) < 4.78 is 8.18. The lowest BCUT2D eigenvalue weighted by atomic mass is 10.2. The number of nitrogens with zero attached hydrogens (tertiary/aromatic N) is 5. The Hall–Kier alpha value is -3.36. The minimum Gasteiger partial charge on any atom is -0.450 e. The fraction of sp³-hybridized carbons (Fsp3) is 0.400. The van der Waals surface area contributed by atoms with E-state index in [1.165, 1.54) is 4.40 Å². The second kappa shape index (κ2) is 7.23. The van der Waals surface area contributed by atoms with E-state index in [1.54, 1.807) is 46.7 Å². The van der Waals surface area contributed by atoms with Gasteiger partial charge in [0.1, 0.15) is 17.0 Å². The van der Waals surface area contributed by atoms with E-state index >= 15 is 0 Å². The van der Waals surface area contributed by atoms with Crippen molar-refractivity contribution >= 4 is 28.7 Å². The average Bonchev–Trinajstić information content (AvgIpc) is 3.05. The van der Waals surface area contributed by atoms with Crippen molar-refractivity contribution in [2.45, 2.75) is 13.8 Å². The van der Waals surface area contributed by atoms with Gasteiger partial charge in [0.15, 0.2) is 0 Å². The van der Waals surface area contributed by atoms with E-state index in [4.69, 9.17) is 4.74 Å². The summed E-state index contributed by atoms with van der Waals surface area (Å²) in [5.41, 5.74) is 2.17. The van der Waals surface area contributed by atoms with Crippen LogP contribution in [0.25, 0.3) is 16.7 Å². The molecule has 0 aromatic carbocycles. The van der Waals surface area contributed by atoms with Crippen LogP contribution in [0.4, 0.5) is 4.79 Å². The summed E-state index contributed by atoms with van der Waals surface area (Å²) in [7, 11) is 1.74. The Kier molecular flexibility index (Phi) is 4.73.